The summed E-state index contributed by atoms with van der Waals surface area (Å²) in [5, 5.41) is 2.82. The summed E-state index contributed by atoms with van der Waals surface area (Å²) >= 11 is 0. The molecule has 0 bridgehead atoms. The molecule has 4 amide bonds. The first-order valence-electron chi connectivity index (χ1n) is 5.84. The van der Waals surface area contributed by atoms with E-state index in [9.17, 15) is 14.4 Å². The molecule has 2 heterocycles. The Bertz CT molecular complexity index is 380. The van der Waals surface area contributed by atoms with Gasteiger partial charge in [-0.3, -0.25) is 4.79 Å². The minimum absolute atomic E-state index is 0.182. The summed E-state index contributed by atoms with van der Waals surface area (Å²) in [5.41, 5.74) is -0.301. The maximum atomic E-state index is 11.8. The van der Waals surface area contributed by atoms with Gasteiger partial charge in [-0.1, -0.05) is 0 Å². The number of ether oxygens (including phenoxy) is 1. The smallest absolute Gasteiger partial charge is 0.417 e. The number of imide groups is 1. The summed E-state index contributed by atoms with van der Waals surface area (Å²) in [6.07, 6.45) is -0.610. The Morgan fingerprint density at radius 2 is 1.94 bits per heavy atom. The van der Waals surface area contributed by atoms with Crippen LogP contribution >= 0.6 is 0 Å². The van der Waals surface area contributed by atoms with Crippen molar-refractivity contribution in [2.45, 2.75) is 32.4 Å². The Hall–Kier alpha value is -1.79. The van der Waals surface area contributed by atoms with Gasteiger partial charge in [-0.15, -0.1) is 0 Å². The van der Waals surface area contributed by atoms with Crippen molar-refractivity contribution >= 4 is 18.0 Å². The van der Waals surface area contributed by atoms with Gasteiger partial charge >= 0.3 is 12.1 Å². The van der Waals surface area contributed by atoms with E-state index in [2.05, 4.69) is 10.1 Å². The molecule has 0 saturated carbocycles. The van der Waals surface area contributed by atoms with Gasteiger partial charge in [0.05, 0.1) is 6.04 Å². The number of nitrogens with zero attached hydrogens (tertiary/aromatic N) is 2. The van der Waals surface area contributed by atoms with E-state index in [0.717, 1.165) is 4.90 Å². The van der Waals surface area contributed by atoms with Gasteiger partial charge < -0.3 is 15.0 Å². The molecule has 1 N–H and O–H groups in total. The Labute approximate surface area is 105 Å². The highest BCUT2D eigenvalue weighted by molar-refractivity contribution is 5.98. The molecule has 0 radical (unpaired) electrons. The summed E-state index contributed by atoms with van der Waals surface area (Å²) in [7, 11) is 0. The van der Waals surface area contributed by atoms with Crippen LogP contribution in [0.1, 0.15) is 20.8 Å². The third kappa shape index (κ3) is 2.39. The van der Waals surface area contributed by atoms with Gasteiger partial charge in [0.15, 0.2) is 6.61 Å². The minimum Gasteiger partial charge on any atom is -0.439 e. The van der Waals surface area contributed by atoms with Crippen molar-refractivity contribution in [3.05, 3.63) is 0 Å². The molecule has 2 fully saturated rings. The fraction of sp³-hybridized carbons (Fsp3) is 0.727. The predicted octanol–water partition coefficient (Wildman–Crippen LogP) is 0.158. The molecule has 7 heteroatoms. The van der Waals surface area contributed by atoms with Crippen LogP contribution in [0.2, 0.25) is 0 Å². The van der Waals surface area contributed by atoms with Crippen LogP contribution in [0.4, 0.5) is 9.59 Å². The average molecular weight is 255 g/mol. The lowest BCUT2D eigenvalue weighted by molar-refractivity contribution is -0.129. The van der Waals surface area contributed by atoms with Crippen LogP contribution in [-0.4, -0.2) is 59.1 Å². The largest absolute Gasteiger partial charge is 0.439 e. The molecule has 0 spiro atoms. The summed E-state index contributed by atoms with van der Waals surface area (Å²) in [4.78, 5) is 37.1. The lowest BCUT2D eigenvalue weighted by Crippen LogP contribution is -2.65. The first-order chi connectivity index (χ1) is 8.28. The zero-order chi connectivity index (χ0) is 13.5. The Balaban J connectivity index is 1.85. The third-order valence-corrected chi connectivity index (χ3v) is 2.78. The highest BCUT2D eigenvalue weighted by atomic mass is 16.6. The first kappa shape index (κ1) is 12.7. The highest BCUT2D eigenvalue weighted by Crippen LogP contribution is 2.20. The first-order valence-corrected chi connectivity index (χ1v) is 5.84. The second-order valence-electron chi connectivity index (χ2n) is 5.56. The second-order valence-corrected chi connectivity index (χ2v) is 5.56. The maximum Gasteiger partial charge on any atom is 0.417 e. The molecule has 0 atom stereocenters. The van der Waals surface area contributed by atoms with Gasteiger partial charge in [-0.25, -0.2) is 14.5 Å². The van der Waals surface area contributed by atoms with Crippen LogP contribution in [0, 0.1) is 0 Å². The molecule has 100 valence electrons. The summed E-state index contributed by atoms with van der Waals surface area (Å²) in [6.45, 7) is 6.21. The quantitative estimate of drug-likeness (QED) is 0.723. The van der Waals surface area contributed by atoms with Crippen molar-refractivity contribution in [3.8, 4) is 0 Å². The van der Waals surface area contributed by atoms with E-state index in [1.807, 2.05) is 20.8 Å². The van der Waals surface area contributed by atoms with E-state index in [4.69, 9.17) is 0 Å². The zero-order valence-electron chi connectivity index (χ0n) is 10.7. The molecule has 7 nitrogen and oxygen atoms in total. The molecule has 0 aromatic heterocycles. The van der Waals surface area contributed by atoms with Crippen LogP contribution in [-0.2, 0) is 9.53 Å². The SMILES string of the molecule is CC(C)(C)NC(=O)N1CC(N2C(=O)COC2=O)C1. The van der Waals surface area contributed by atoms with Crippen molar-refractivity contribution in [2.75, 3.05) is 19.7 Å². The number of hydrogen-bond acceptors (Lipinski definition) is 4. The number of cyclic esters (lactones) is 1. The Morgan fingerprint density at radius 3 is 2.39 bits per heavy atom. The number of nitrogens with one attached hydrogen (secondary N) is 1. The molecule has 2 aliphatic heterocycles. The van der Waals surface area contributed by atoms with E-state index in [-0.39, 0.29) is 30.1 Å². The fourth-order valence-corrected chi connectivity index (χ4v) is 1.90. The second kappa shape index (κ2) is 4.15. The maximum absolute atomic E-state index is 11.8. The minimum atomic E-state index is -0.610. The molecule has 0 aromatic rings. The number of urea groups is 1. The summed E-state index contributed by atoms with van der Waals surface area (Å²) in [5.74, 6) is -0.333. The van der Waals surface area contributed by atoms with Crippen LogP contribution in [0.3, 0.4) is 0 Å². The summed E-state index contributed by atoms with van der Waals surface area (Å²) < 4.78 is 4.63. The normalized spacial score (nSPS) is 20.8. The molecule has 0 aliphatic carbocycles. The molecule has 2 saturated heterocycles. The lowest BCUT2D eigenvalue weighted by Gasteiger charge is -2.42. The molecule has 0 aromatic carbocycles. The number of amides is 4. The van der Waals surface area contributed by atoms with E-state index in [1.54, 1.807) is 4.90 Å². The number of likely N-dealkylation sites (tertiary alicyclic amines) is 1. The summed E-state index contributed by atoms with van der Waals surface area (Å²) in [6, 6.07) is -0.433. The van der Waals surface area contributed by atoms with Gasteiger partial charge in [0.25, 0.3) is 5.91 Å². The monoisotopic (exact) mass is 255 g/mol. The standard InChI is InChI=1S/C11H17N3O4/c1-11(2,3)12-9(16)13-4-7(5-13)14-8(15)6-18-10(14)17/h7H,4-6H2,1-3H3,(H,12,16). The number of carbonyl (C=O) groups excluding carboxylic acids is 3. The lowest BCUT2D eigenvalue weighted by atomic mass is 10.1. The average Bonchev–Trinajstić information content (AvgIpc) is 2.43. The number of rotatable bonds is 1. The van der Waals surface area contributed by atoms with Gasteiger partial charge in [-0.2, -0.15) is 0 Å². The number of carbonyl (C=O) groups is 3. The van der Waals surface area contributed by atoms with Crippen molar-refractivity contribution in [3.63, 3.8) is 0 Å². The van der Waals surface area contributed by atoms with E-state index in [0.29, 0.717) is 13.1 Å². The molecule has 2 aliphatic rings. The van der Waals surface area contributed by atoms with Crippen molar-refractivity contribution < 1.29 is 19.1 Å². The van der Waals surface area contributed by atoms with Crippen molar-refractivity contribution in [2.24, 2.45) is 0 Å². The topological polar surface area (TPSA) is 79.0 Å². The molecule has 2 rings (SSSR count). The van der Waals surface area contributed by atoms with E-state index < -0.39 is 6.09 Å². The molecular formula is C11H17N3O4. The van der Waals surface area contributed by atoms with Gasteiger partial charge in [0.1, 0.15) is 0 Å². The fourth-order valence-electron chi connectivity index (χ4n) is 1.90. The number of hydrogen-bond donors (Lipinski definition) is 1. The predicted molar refractivity (Wildman–Crippen MR) is 61.8 cm³/mol. The van der Waals surface area contributed by atoms with Crippen LogP contribution in [0.5, 0.6) is 0 Å². The van der Waals surface area contributed by atoms with Gasteiger partial charge in [0.2, 0.25) is 0 Å². The third-order valence-electron chi connectivity index (χ3n) is 2.78. The van der Waals surface area contributed by atoms with Crippen LogP contribution < -0.4 is 5.32 Å². The van der Waals surface area contributed by atoms with Crippen LogP contribution in [0.15, 0.2) is 0 Å². The van der Waals surface area contributed by atoms with Crippen LogP contribution in [0.25, 0.3) is 0 Å². The van der Waals surface area contributed by atoms with Crippen molar-refractivity contribution in [1.82, 2.24) is 15.1 Å². The van der Waals surface area contributed by atoms with Crippen molar-refractivity contribution in [1.29, 1.82) is 0 Å². The molecule has 0 unspecified atom stereocenters. The Kier molecular flexibility index (Phi) is 2.92. The zero-order valence-corrected chi connectivity index (χ0v) is 10.7. The van der Waals surface area contributed by atoms with E-state index in [1.165, 1.54) is 0 Å². The van der Waals surface area contributed by atoms with E-state index >= 15 is 0 Å². The van der Waals surface area contributed by atoms with Gasteiger partial charge in [-0.05, 0) is 20.8 Å². The highest BCUT2D eigenvalue weighted by Gasteiger charge is 2.44. The molecular weight excluding hydrogens is 238 g/mol. The van der Waals surface area contributed by atoms with Gasteiger partial charge in [0, 0.05) is 18.6 Å². The molecule has 18 heavy (non-hydrogen) atoms. The Morgan fingerprint density at radius 1 is 1.33 bits per heavy atom.